The van der Waals surface area contributed by atoms with E-state index < -0.39 is 0 Å². The second kappa shape index (κ2) is 9.54. The standard InChI is InChI=1S/C22H29BrN2O/c1-3-25-12-4-5-21(25)15-24-14-19-13-20(23)10-11-22(19)26-16-18-8-6-17(2)7-9-18/h6-11,13,21,24H,3-5,12,14-16H2,1-2H3/t21-/m0/s1. The molecule has 2 aromatic carbocycles. The van der Waals surface area contributed by atoms with E-state index in [0.717, 1.165) is 29.9 Å². The molecule has 1 N–H and O–H groups in total. The maximum absolute atomic E-state index is 6.11. The van der Waals surface area contributed by atoms with Crippen LogP contribution in [0.5, 0.6) is 5.75 Å². The maximum Gasteiger partial charge on any atom is 0.124 e. The fraction of sp³-hybridized carbons (Fsp3) is 0.455. The van der Waals surface area contributed by atoms with Gasteiger partial charge in [-0.1, -0.05) is 52.7 Å². The van der Waals surface area contributed by atoms with Gasteiger partial charge in [-0.15, -0.1) is 0 Å². The quantitative estimate of drug-likeness (QED) is 0.661. The van der Waals surface area contributed by atoms with Crippen molar-refractivity contribution in [1.29, 1.82) is 0 Å². The zero-order chi connectivity index (χ0) is 18.4. The predicted molar refractivity (Wildman–Crippen MR) is 112 cm³/mol. The molecule has 1 aliphatic heterocycles. The Morgan fingerprint density at radius 1 is 1.19 bits per heavy atom. The van der Waals surface area contributed by atoms with Gasteiger partial charge in [0.25, 0.3) is 0 Å². The van der Waals surface area contributed by atoms with E-state index in [1.54, 1.807) is 0 Å². The Labute approximate surface area is 165 Å². The van der Waals surface area contributed by atoms with Crippen LogP contribution in [0.3, 0.4) is 0 Å². The lowest BCUT2D eigenvalue weighted by atomic mass is 10.1. The van der Waals surface area contributed by atoms with E-state index in [1.165, 1.54) is 36.1 Å². The summed E-state index contributed by atoms with van der Waals surface area (Å²) in [5, 5.41) is 3.64. The Kier molecular flexibility index (Phi) is 7.12. The number of aryl methyl sites for hydroxylation is 1. The van der Waals surface area contributed by atoms with Crippen LogP contribution >= 0.6 is 15.9 Å². The molecule has 1 heterocycles. The highest BCUT2D eigenvalue weighted by Crippen LogP contribution is 2.24. The Morgan fingerprint density at radius 2 is 2.00 bits per heavy atom. The zero-order valence-electron chi connectivity index (χ0n) is 15.8. The molecule has 0 aromatic heterocycles. The van der Waals surface area contributed by atoms with Crippen molar-refractivity contribution in [3.63, 3.8) is 0 Å². The van der Waals surface area contributed by atoms with Crippen molar-refractivity contribution in [3.05, 3.63) is 63.6 Å². The molecule has 1 saturated heterocycles. The van der Waals surface area contributed by atoms with E-state index in [1.807, 2.05) is 6.07 Å². The summed E-state index contributed by atoms with van der Waals surface area (Å²) in [7, 11) is 0. The lowest BCUT2D eigenvalue weighted by Crippen LogP contribution is -2.37. The van der Waals surface area contributed by atoms with Crippen molar-refractivity contribution >= 4 is 15.9 Å². The number of likely N-dealkylation sites (tertiary alicyclic amines) is 1. The van der Waals surface area contributed by atoms with Crippen LogP contribution in [0, 0.1) is 6.92 Å². The minimum atomic E-state index is 0.598. The summed E-state index contributed by atoms with van der Waals surface area (Å²) in [5.41, 5.74) is 3.67. The fourth-order valence-corrected chi connectivity index (χ4v) is 4.00. The van der Waals surface area contributed by atoms with Gasteiger partial charge in [0.05, 0.1) is 0 Å². The first-order valence-corrected chi connectivity index (χ1v) is 10.4. The first-order chi connectivity index (χ1) is 12.7. The van der Waals surface area contributed by atoms with Crippen molar-refractivity contribution in [2.45, 2.75) is 45.9 Å². The molecule has 1 fully saturated rings. The molecular formula is C22H29BrN2O. The predicted octanol–water partition coefficient (Wildman–Crippen LogP) is 4.91. The van der Waals surface area contributed by atoms with Crippen LogP contribution in [0.25, 0.3) is 0 Å². The fourth-order valence-electron chi connectivity index (χ4n) is 3.59. The molecule has 3 rings (SSSR count). The lowest BCUT2D eigenvalue weighted by molar-refractivity contribution is 0.259. The van der Waals surface area contributed by atoms with Gasteiger partial charge in [0, 0.05) is 29.2 Å². The summed E-state index contributed by atoms with van der Waals surface area (Å²) in [5.74, 6) is 0.958. The number of hydrogen-bond acceptors (Lipinski definition) is 3. The molecule has 140 valence electrons. The molecule has 4 heteroatoms. The van der Waals surface area contributed by atoms with Gasteiger partial charge in [0.1, 0.15) is 12.4 Å². The summed E-state index contributed by atoms with van der Waals surface area (Å²) in [6.07, 6.45) is 2.62. The van der Waals surface area contributed by atoms with Gasteiger partial charge in [-0.3, -0.25) is 4.90 Å². The minimum Gasteiger partial charge on any atom is -0.489 e. The molecule has 0 aliphatic carbocycles. The smallest absolute Gasteiger partial charge is 0.124 e. The summed E-state index contributed by atoms with van der Waals surface area (Å²) >= 11 is 3.59. The summed E-state index contributed by atoms with van der Waals surface area (Å²) < 4.78 is 7.20. The average molecular weight is 417 g/mol. The lowest BCUT2D eigenvalue weighted by Gasteiger charge is -2.23. The molecular weight excluding hydrogens is 388 g/mol. The van der Waals surface area contributed by atoms with Gasteiger partial charge in [0.15, 0.2) is 0 Å². The van der Waals surface area contributed by atoms with Crippen molar-refractivity contribution in [3.8, 4) is 5.75 Å². The first kappa shape index (κ1) is 19.4. The normalized spacial score (nSPS) is 17.6. The Hall–Kier alpha value is -1.36. The minimum absolute atomic E-state index is 0.598. The topological polar surface area (TPSA) is 24.5 Å². The summed E-state index contributed by atoms with van der Waals surface area (Å²) in [6, 6.07) is 15.4. The number of halogens is 1. The number of nitrogens with one attached hydrogen (secondary N) is 1. The summed E-state index contributed by atoms with van der Waals surface area (Å²) in [4.78, 5) is 2.57. The number of nitrogens with zero attached hydrogens (tertiary/aromatic N) is 1. The SMILES string of the molecule is CCN1CCC[C@H]1CNCc1cc(Br)ccc1OCc1ccc(C)cc1. The van der Waals surface area contributed by atoms with Gasteiger partial charge in [-0.25, -0.2) is 0 Å². The monoisotopic (exact) mass is 416 g/mol. The Morgan fingerprint density at radius 3 is 2.77 bits per heavy atom. The molecule has 0 spiro atoms. The molecule has 0 saturated carbocycles. The van der Waals surface area contributed by atoms with E-state index in [-0.39, 0.29) is 0 Å². The van der Waals surface area contributed by atoms with E-state index >= 15 is 0 Å². The van der Waals surface area contributed by atoms with Crippen LogP contribution in [0.4, 0.5) is 0 Å². The largest absolute Gasteiger partial charge is 0.489 e. The van der Waals surface area contributed by atoms with Crippen LogP contribution < -0.4 is 10.1 Å². The first-order valence-electron chi connectivity index (χ1n) is 9.57. The number of ether oxygens (including phenoxy) is 1. The number of likely N-dealkylation sites (N-methyl/N-ethyl adjacent to an activating group) is 1. The van der Waals surface area contributed by atoms with Crippen LogP contribution in [-0.4, -0.2) is 30.6 Å². The van der Waals surface area contributed by atoms with Crippen LogP contribution in [-0.2, 0) is 13.2 Å². The second-order valence-corrected chi connectivity index (χ2v) is 8.00. The van der Waals surface area contributed by atoms with Crippen LogP contribution in [0.2, 0.25) is 0 Å². The van der Waals surface area contributed by atoms with E-state index in [4.69, 9.17) is 4.74 Å². The Bertz CT molecular complexity index is 702. The molecule has 0 unspecified atom stereocenters. The van der Waals surface area contributed by atoms with Crippen molar-refractivity contribution < 1.29 is 4.74 Å². The van der Waals surface area contributed by atoms with Crippen molar-refractivity contribution in [2.75, 3.05) is 19.6 Å². The van der Waals surface area contributed by atoms with Crippen molar-refractivity contribution in [2.24, 2.45) is 0 Å². The highest BCUT2D eigenvalue weighted by Gasteiger charge is 2.22. The second-order valence-electron chi connectivity index (χ2n) is 7.08. The third kappa shape index (κ3) is 5.32. The molecule has 26 heavy (non-hydrogen) atoms. The van der Waals surface area contributed by atoms with Gasteiger partial charge in [-0.2, -0.15) is 0 Å². The van der Waals surface area contributed by atoms with Crippen LogP contribution in [0.1, 0.15) is 36.5 Å². The van der Waals surface area contributed by atoms with Gasteiger partial charge >= 0.3 is 0 Å². The third-order valence-electron chi connectivity index (χ3n) is 5.14. The Balaban J connectivity index is 1.57. The number of hydrogen-bond donors (Lipinski definition) is 1. The van der Waals surface area contributed by atoms with Gasteiger partial charge in [-0.05, 0) is 56.6 Å². The third-order valence-corrected chi connectivity index (χ3v) is 5.63. The van der Waals surface area contributed by atoms with E-state index in [2.05, 4.69) is 76.4 Å². The van der Waals surface area contributed by atoms with E-state index in [9.17, 15) is 0 Å². The molecule has 2 aromatic rings. The molecule has 0 radical (unpaired) electrons. The molecule has 1 atom stereocenters. The van der Waals surface area contributed by atoms with Gasteiger partial charge in [0.2, 0.25) is 0 Å². The molecule has 3 nitrogen and oxygen atoms in total. The van der Waals surface area contributed by atoms with E-state index in [0.29, 0.717) is 12.6 Å². The van der Waals surface area contributed by atoms with Gasteiger partial charge < -0.3 is 10.1 Å². The van der Waals surface area contributed by atoms with Crippen molar-refractivity contribution in [1.82, 2.24) is 10.2 Å². The van der Waals surface area contributed by atoms with Crippen LogP contribution in [0.15, 0.2) is 46.9 Å². The highest BCUT2D eigenvalue weighted by molar-refractivity contribution is 9.10. The molecule has 0 bridgehead atoms. The number of rotatable bonds is 8. The maximum atomic E-state index is 6.11. The highest BCUT2D eigenvalue weighted by atomic mass is 79.9. The zero-order valence-corrected chi connectivity index (χ0v) is 17.4. The average Bonchev–Trinajstić information content (AvgIpc) is 3.10. The molecule has 1 aliphatic rings. The molecule has 0 amide bonds. The number of benzene rings is 2. The summed E-state index contributed by atoms with van der Waals surface area (Å²) in [6.45, 7) is 9.21.